The third-order valence-corrected chi connectivity index (χ3v) is 6.33. The van der Waals surface area contributed by atoms with Crippen LogP contribution in [0.4, 0.5) is 0 Å². The second kappa shape index (κ2) is 10.7. The van der Waals surface area contributed by atoms with Gasteiger partial charge in [-0.25, -0.2) is 0 Å². The van der Waals surface area contributed by atoms with Crippen LogP contribution in [0.15, 0.2) is 12.3 Å². The van der Waals surface area contributed by atoms with Gasteiger partial charge < -0.3 is 10.3 Å². The van der Waals surface area contributed by atoms with Crippen molar-refractivity contribution in [3.05, 3.63) is 23.5 Å². The molecule has 0 aliphatic carbocycles. The minimum Gasteiger partial charge on any atom is -0.481 e. The van der Waals surface area contributed by atoms with Gasteiger partial charge in [0.2, 0.25) is 0 Å². The molecule has 0 unspecified atom stereocenters. The van der Waals surface area contributed by atoms with Crippen molar-refractivity contribution in [3.63, 3.8) is 0 Å². The first-order valence-electron chi connectivity index (χ1n) is 11.6. The Balaban J connectivity index is 2.02. The van der Waals surface area contributed by atoms with Crippen molar-refractivity contribution in [1.82, 2.24) is 9.79 Å². The van der Waals surface area contributed by atoms with E-state index in [4.69, 9.17) is 9.94 Å². The lowest BCUT2D eigenvalue weighted by atomic mass is 9.72. The predicted molar refractivity (Wildman–Crippen MR) is 119 cm³/mol. The summed E-state index contributed by atoms with van der Waals surface area (Å²) in [5.41, 5.74) is 1.47. The molecule has 0 radical (unpaired) electrons. The van der Waals surface area contributed by atoms with Gasteiger partial charge in [-0.3, -0.25) is 9.63 Å². The van der Waals surface area contributed by atoms with Crippen LogP contribution in [0.2, 0.25) is 0 Å². The summed E-state index contributed by atoms with van der Waals surface area (Å²) in [4.78, 5) is 17.3. The zero-order valence-electron chi connectivity index (χ0n) is 19.6. The third-order valence-electron chi connectivity index (χ3n) is 6.33. The molecule has 6 heteroatoms. The SMILES string of the molecule is CCCCCCCCON1C(C)(C)CC(c2ccn(O)c2CCC(=O)O)CC1(C)C. The van der Waals surface area contributed by atoms with Crippen LogP contribution in [0, 0.1) is 0 Å². The lowest BCUT2D eigenvalue weighted by Crippen LogP contribution is -2.60. The standard InChI is InChI=1S/C24H42N2O4/c1-6-7-8-9-10-11-16-30-26-23(2,3)17-19(18-24(26,4)5)20-14-15-25(29)21(20)12-13-22(27)28/h14-15,19,29H,6-13,16-18H2,1-5H3,(H,27,28). The van der Waals surface area contributed by atoms with Crippen LogP contribution in [0.25, 0.3) is 0 Å². The number of nitrogens with zero attached hydrogens (tertiary/aromatic N) is 2. The molecular formula is C24H42N2O4. The van der Waals surface area contributed by atoms with Crippen LogP contribution in [0.3, 0.4) is 0 Å². The van der Waals surface area contributed by atoms with E-state index in [0.29, 0.717) is 6.42 Å². The van der Waals surface area contributed by atoms with E-state index < -0.39 is 5.97 Å². The van der Waals surface area contributed by atoms with Gasteiger partial charge in [0.15, 0.2) is 0 Å². The number of hydrogen-bond donors (Lipinski definition) is 2. The normalized spacial score (nSPS) is 19.2. The van der Waals surface area contributed by atoms with Crippen LogP contribution in [0.5, 0.6) is 0 Å². The highest BCUT2D eigenvalue weighted by molar-refractivity contribution is 5.67. The molecule has 1 aliphatic heterocycles. The van der Waals surface area contributed by atoms with Crippen molar-refractivity contribution >= 4 is 5.97 Å². The Morgan fingerprint density at radius 2 is 1.70 bits per heavy atom. The largest absolute Gasteiger partial charge is 0.481 e. The van der Waals surface area contributed by atoms with Gasteiger partial charge in [0.25, 0.3) is 0 Å². The number of carbonyl (C=O) groups is 1. The zero-order valence-corrected chi connectivity index (χ0v) is 19.6. The Kier molecular flexibility index (Phi) is 8.80. The maximum absolute atomic E-state index is 11.0. The summed E-state index contributed by atoms with van der Waals surface area (Å²) in [5.74, 6) is -0.596. The van der Waals surface area contributed by atoms with Crippen LogP contribution >= 0.6 is 0 Å². The fourth-order valence-corrected chi connectivity index (χ4v) is 5.20. The molecule has 0 amide bonds. The number of piperidine rings is 1. The number of carboxylic acid groups (broad SMARTS) is 1. The fraction of sp³-hybridized carbons (Fsp3) is 0.792. The summed E-state index contributed by atoms with van der Waals surface area (Å²) in [6.07, 6.45) is 11.3. The van der Waals surface area contributed by atoms with E-state index in [1.165, 1.54) is 32.1 Å². The van der Waals surface area contributed by atoms with Crippen molar-refractivity contribution in [3.8, 4) is 0 Å². The topological polar surface area (TPSA) is 74.9 Å². The molecule has 0 saturated carbocycles. The van der Waals surface area contributed by atoms with Crippen LogP contribution in [0.1, 0.15) is 110 Å². The smallest absolute Gasteiger partial charge is 0.303 e. The van der Waals surface area contributed by atoms with Gasteiger partial charge in [-0.2, -0.15) is 9.79 Å². The lowest BCUT2D eigenvalue weighted by molar-refractivity contribution is -0.283. The number of aromatic nitrogens is 1. The van der Waals surface area contributed by atoms with Crippen molar-refractivity contribution in [2.75, 3.05) is 6.61 Å². The monoisotopic (exact) mass is 422 g/mol. The molecule has 2 rings (SSSR count). The number of aliphatic carboxylic acids is 1. The Hall–Kier alpha value is -1.53. The molecule has 1 aliphatic rings. The summed E-state index contributed by atoms with van der Waals surface area (Å²) < 4.78 is 1.10. The fourth-order valence-electron chi connectivity index (χ4n) is 5.20. The summed E-state index contributed by atoms with van der Waals surface area (Å²) in [5, 5.41) is 21.4. The van der Waals surface area contributed by atoms with E-state index in [-0.39, 0.29) is 23.4 Å². The number of carboxylic acids is 1. The molecule has 0 bridgehead atoms. The molecule has 2 heterocycles. The van der Waals surface area contributed by atoms with E-state index in [9.17, 15) is 10.0 Å². The van der Waals surface area contributed by atoms with E-state index in [1.54, 1.807) is 6.20 Å². The lowest BCUT2D eigenvalue weighted by Gasteiger charge is -2.54. The minimum atomic E-state index is -0.847. The number of rotatable bonds is 12. The number of unbranched alkanes of at least 4 members (excludes halogenated alkanes) is 5. The maximum atomic E-state index is 11.0. The Morgan fingerprint density at radius 3 is 2.30 bits per heavy atom. The van der Waals surface area contributed by atoms with E-state index in [2.05, 4.69) is 39.7 Å². The molecule has 0 aromatic carbocycles. The molecule has 0 spiro atoms. The first-order valence-corrected chi connectivity index (χ1v) is 11.6. The summed E-state index contributed by atoms with van der Waals surface area (Å²) >= 11 is 0. The molecular weight excluding hydrogens is 380 g/mol. The summed E-state index contributed by atoms with van der Waals surface area (Å²) in [6, 6.07) is 1.95. The van der Waals surface area contributed by atoms with Crippen LogP contribution < -0.4 is 0 Å². The van der Waals surface area contributed by atoms with Crippen LogP contribution in [-0.4, -0.2) is 43.8 Å². The highest BCUT2D eigenvalue weighted by Gasteiger charge is 2.47. The molecule has 1 fully saturated rings. The quantitative estimate of drug-likeness (QED) is 0.330. The molecule has 1 aromatic rings. The molecule has 1 aromatic heterocycles. The Labute approximate surface area is 182 Å². The average molecular weight is 423 g/mol. The summed E-state index contributed by atoms with van der Waals surface area (Å²) in [6.45, 7) is 11.9. The molecule has 30 heavy (non-hydrogen) atoms. The highest BCUT2D eigenvalue weighted by Crippen LogP contribution is 2.46. The van der Waals surface area contributed by atoms with Gasteiger partial charge in [0.1, 0.15) is 0 Å². The van der Waals surface area contributed by atoms with Crippen molar-refractivity contribution in [2.24, 2.45) is 0 Å². The molecule has 6 nitrogen and oxygen atoms in total. The molecule has 172 valence electrons. The van der Waals surface area contributed by atoms with Crippen molar-refractivity contribution in [1.29, 1.82) is 0 Å². The van der Waals surface area contributed by atoms with Gasteiger partial charge >= 0.3 is 5.97 Å². The number of hydroxylamine groups is 2. The zero-order chi connectivity index (χ0) is 22.4. The Bertz CT molecular complexity index is 663. The van der Waals surface area contributed by atoms with Gasteiger partial charge in [0, 0.05) is 23.7 Å². The van der Waals surface area contributed by atoms with E-state index >= 15 is 0 Å². The second-order valence-corrected chi connectivity index (χ2v) is 10.1. The minimum absolute atomic E-state index is 0.0184. The predicted octanol–water partition coefficient (Wildman–Crippen LogP) is 5.77. The number of hydrogen-bond acceptors (Lipinski definition) is 4. The first kappa shape index (κ1) is 24.7. The van der Waals surface area contributed by atoms with E-state index in [0.717, 1.165) is 41.9 Å². The molecule has 2 N–H and O–H groups in total. The second-order valence-electron chi connectivity index (χ2n) is 10.1. The van der Waals surface area contributed by atoms with Gasteiger partial charge in [-0.15, -0.1) is 0 Å². The highest BCUT2D eigenvalue weighted by atomic mass is 16.7. The summed E-state index contributed by atoms with van der Waals surface area (Å²) in [7, 11) is 0. The maximum Gasteiger partial charge on any atom is 0.303 e. The molecule has 0 atom stereocenters. The third kappa shape index (κ3) is 6.48. The van der Waals surface area contributed by atoms with Crippen LogP contribution in [-0.2, 0) is 16.1 Å². The Morgan fingerprint density at radius 1 is 1.10 bits per heavy atom. The van der Waals surface area contributed by atoms with E-state index in [1.807, 2.05) is 6.07 Å². The van der Waals surface area contributed by atoms with Gasteiger partial charge in [0.05, 0.1) is 18.7 Å². The van der Waals surface area contributed by atoms with Gasteiger partial charge in [-0.1, -0.05) is 39.0 Å². The van der Waals surface area contributed by atoms with Gasteiger partial charge in [-0.05, 0) is 64.5 Å². The van der Waals surface area contributed by atoms with Crippen molar-refractivity contribution < 1.29 is 19.9 Å². The van der Waals surface area contributed by atoms with Crippen molar-refractivity contribution in [2.45, 2.75) is 116 Å². The molecule has 1 saturated heterocycles. The first-order chi connectivity index (χ1) is 14.1. The average Bonchev–Trinajstić information content (AvgIpc) is 3.00.